The lowest BCUT2D eigenvalue weighted by atomic mass is 9.84. The van der Waals surface area contributed by atoms with Crippen LogP contribution >= 0.6 is 11.6 Å². The van der Waals surface area contributed by atoms with Gasteiger partial charge in [-0.1, -0.05) is 18.2 Å². The Balaban J connectivity index is 1.94. The van der Waals surface area contributed by atoms with Crippen LogP contribution in [0.2, 0.25) is 0 Å². The van der Waals surface area contributed by atoms with Gasteiger partial charge in [0.1, 0.15) is 5.78 Å². The largest absolute Gasteiger partial charge is 0.356 e. The molecule has 1 unspecified atom stereocenters. The van der Waals surface area contributed by atoms with E-state index in [0.29, 0.717) is 18.7 Å². The smallest absolute Gasteiger partial charge is 0.261 e. The summed E-state index contributed by atoms with van der Waals surface area (Å²) in [7, 11) is 0. The molecule has 1 amide bonds. The third-order valence-electron chi connectivity index (χ3n) is 3.91. The molecule has 2 heterocycles. The first-order valence-corrected chi connectivity index (χ1v) is 7.35. The third-order valence-corrected chi connectivity index (χ3v) is 4.17. The zero-order valence-corrected chi connectivity index (χ0v) is 11.8. The zero-order chi connectivity index (χ0) is 14.2. The van der Waals surface area contributed by atoms with Gasteiger partial charge in [0.05, 0.1) is 6.10 Å². The summed E-state index contributed by atoms with van der Waals surface area (Å²) in [6, 6.07) is 7.40. The first kappa shape index (κ1) is 13.6. The molecule has 1 saturated heterocycles. The fourth-order valence-corrected chi connectivity index (χ4v) is 3.17. The summed E-state index contributed by atoms with van der Waals surface area (Å²) in [4.78, 5) is 24.4. The van der Waals surface area contributed by atoms with Crippen LogP contribution in [0.1, 0.15) is 31.2 Å². The molecule has 2 aliphatic heterocycles. The first-order chi connectivity index (χ1) is 9.65. The molecular weight excluding hydrogens is 278 g/mol. The van der Waals surface area contributed by atoms with Crippen LogP contribution in [0.3, 0.4) is 0 Å². The Labute approximate surface area is 122 Å². The zero-order valence-electron chi connectivity index (χ0n) is 11.0. The van der Waals surface area contributed by atoms with Crippen LogP contribution in [0.5, 0.6) is 0 Å². The molecule has 0 aromatic heterocycles. The number of fused-ring (bicyclic) bond motifs is 2. The highest BCUT2D eigenvalue weighted by atomic mass is 35.5. The van der Waals surface area contributed by atoms with Crippen molar-refractivity contribution in [3.8, 4) is 0 Å². The van der Waals surface area contributed by atoms with Gasteiger partial charge >= 0.3 is 0 Å². The van der Waals surface area contributed by atoms with E-state index in [-0.39, 0.29) is 24.2 Å². The predicted molar refractivity (Wildman–Crippen MR) is 75.8 cm³/mol. The molecule has 2 atom stereocenters. The van der Waals surface area contributed by atoms with Crippen LogP contribution < -0.4 is 5.32 Å². The average molecular weight is 294 g/mol. The third kappa shape index (κ3) is 2.13. The molecule has 0 bridgehead atoms. The van der Waals surface area contributed by atoms with Gasteiger partial charge < -0.3 is 10.1 Å². The van der Waals surface area contributed by atoms with Gasteiger partial charge in [-0.05, 0) is 18.9 Å². The van der Waals surface area contributed by atoms with Crippen LogP contribution in [0.4, 0.5) is 5.69 Å². The van der Waals surface area contributed by atoms with E-state index >= 15 is 0 Å². The minimum absolute atomic E-state index is 0.0719. The number of anilines is 1. The predicted octanol–water partition coefficient (Wildman–Crippen LogP) is 2.60. The number of carbonyl (C=O) groups is 2. The van der Waals surface area contributed by atoms with Crippen molar-refractivity contribution >= 4 is 29.0 Å². The minimum atomic E-state index is -1.14. The van der Waals surface area contributed by atoms with Gasteiger partial charge in [-0.25, -0.2) is 0 Å². The highest BCUT2D eigenvalue weighted by Gasteiger charge is 2.53. The van der Waals surface area contributed by atoms with Crippen LogP contribution in [0, 0.1) is 0 Å². The van der Waals surface area contributed by atoms with Crippen LogP contribution in [-0.4, -0.2) is 23.7 Å². The molecule has 4 nitrogen and oxygen atoms in total. The van der Waals surface area contributed by atoms with E-state index in [1.165, 1.54) is 0 Å². The molecule has 1 aromatic carbocycles. The first-order valence-electron chi connectivity index (χ1n) is 6.82. The van der Waals surface area contributed by atoms with Crippen molar-refractivity contribution in [1.82, 2.24) is 0 Å². The van der Waals surface area contributed by atoms with E-state index in [4.69, 9.17) is 16.3 Å². The van der Waals surface area contributed by atoms with Gasteiger partial charge in [0, 0.05) is 30.0 Å². The van der Waals surface area contributed by atoms with Gasteiger partial charge in [0.15, 0.2) is 5.60 Å². The number of halogens is 1. The summed E-state index contributed by atoms with van der Waals surface area (Å²) in [5.41, 5.74) is 0.375. The number of alkyl halides is 1. The minimum Gasteiger partial charge on any atom is -0.356 e. The lowest BCUT2D eigenvalue weighted by Crippen LogP contribution is -2.47. The number of Topliss-reactive ketones (excluding diaryl/α,β-unsaturated/α-hetero) is 1. The normalized spacial score (nSPS) is 28.6. The van der Waals surface area contributed by atoms with Crippen molar-refractivity contribution in [2.45, 2.75) is 37.4 Å². The molecule has 20 heavy (non-hydrogen) atoms. The quantitative estimate of drug-likeness (QED) is 0.872. The number of para-hydroxylation sites is 1. The van der Waals surface area contributed by atoms with Crippen molar-refractivity contribution in [3.05, 3.63) is 29.8 Å². The molecule has 0 radical (unpaired) electrons. The summed E-state index contributed by atoms with van der Waals surface area (Å²) in [5.74, 6) is 0.370. The van der Waals surface area contributed by atoms with Crippen molar-refractivity contribution in [2.75, 3.05) is 11.2 Å². The highest BCUT2D eigenvalue weighted by molar-refractivity contribution is 6.17. The van der Waals surface area contributed by atoms with Crippen molar-refractivity contribution < 1.29 is 14.3 Å². The molecule has 1 aromatic rings. The number of benzene rings is 1. The Morgan fingerprint density at radius 1 is 1.35 bits per heavy atom. The fourth-order valence-electron chi connectivity index (χ4n) is 3.02. The Hall–Kier alpha value is -1.39. The maximum atomic E-state index is 12.4. The van der Waals surface area contributed by atoms with Gasteiger partial charge in [-0.3, -0.25) is 9.59 Å². The molecule has 1 N–H and O–H groups in total. The van der Waals surface area contributed by atoms with Crippen LogP contribution in [0.25, 0.3) is 0 Å². The molecule has 106 valence electrons. The number of ether oxygens (including phenoxy) is 1. The summed E-state index contributed by atoms with van der Waals surface area (Å²) in [6.07, 6.45) is 1.74. The molecule has 0 saturated carbocycles. The van der Waals surface area contributed by atoms with Crippen molar-refractivity contribution in [1.29, 1.82) is 0 Å². The monoisotopic (exact) mass is 293 g/mol. The average Bonchev–Trinajstić information content (AvgIpc) is 2.69. The number of hydrogen-bond donors (Lipinski definition) is 1. The molecule has 2 aliphatic rings. The Bertz CT molecular complexity index is 560. The molecule has 0 aliphatic carbocycles. The Kier molecular flexibility index (Phi) is 3.52. The Morgan fingerprint density at radius 2 is 2.15 bits per heavy atom. The second kappa shape index (κ2) is 5.19. The second-order valence-electron chi connectivity index (χ2n) is 5.32. The van der Waals surface area contributed by atoms with Gasteiger partial charge in [-0.2, -0.15) is 0 Å². The van der Waals surface area contributed by atoms with E-state index in [0.717, 1.165) is 17.7 Å². The molecular formula is C15H16ClNO3. The molecule has 5 heteroatoms. The molecule has 1 spiro atoms. The standard InChI is InChI=1S/C15H16ClNO3/c16-7-3-4-11-8-10(18)9-15(20-11)12-5-1-2-6-13(12)17-14(15)19/h1-2,5-6,11H,3-4,7-9H2,(H,17,19)/t11-,15?/m0/s1. The number of amides is 1. The van der Waals surface area contributed by atoms with Crippen molar-refractivity contribution in [2.24, 2.45) is 0 Å². The SMILES string of the molecule is O=C1C[C@H](CCCCl)OC2(C1)C(=O)Nc1ccccc12. The van der Waals surface area contributed by atoms with E-state index in [9.17, 15) is 9.59 Å². The maximum Gasteiger partial charge on any atom is 0.261 e. The topological polar surface area (TPSA) is 55.4 Å². The second-order valence-corrected chi connectivity index (χ2v) is 5.70. The lowest BCUT2D eigenvalue weighted by molar-refractivity contribution is -0.170. The van der Waals surface area contributed by atoms with Gasteiger partial charge in [0.2, 0.25) is 0 Å². The van der Waals surface area contributed by atoms with Crippen molar-refractivity contribution in [3.63, 3.8) is 0 Å². The number of ketones is 1. The van der Waals surface area contributed by atoms with Gasteiger partial charge in [-0.15, -0.1) is 11.6 Å². The summed E-state index contributed by atoms with van der Waals surface area (Å²) in [5, 5.41) is 2.81. The lowest BCUT2D eigenvalue weighted by Gasteiger charge is -2.36. The van der Waals surface area contributed by atoms with Gasteiger partial charge in [0.25, 0.3) is 5.91 Å². The number of carbonyl (C=O) groups excluding carboxylic acids is 2. The summed E-state index contributed by atoms with van der Waals surface area (Å²) in [6.45, 7) is 0. The van der Waals surface area contributed by atoms with E-state index in [1.54, 1.807) is 0 Å². The number of rotatable bonds is 3. The molecule has 1 fully saturated rings. The van der Waals surface area contributed by atoms with E-state index in [2.05, 4.69) is 5.32 Å². The van der Waals surface area contributed by atoms with Crippen LogP contribution in [0.15, 0.2) is 24.3 Å². The van der Waals surface area contributed by atoms with Crippen LogP contribution in [-0.2, 0) is 19.9 Å². The highest BCUT2D eigenvalue weighted by Crippen LogP contribution is 2.45. The summed E-state index contributed by atoms with van der Waals surface area (Å²) >= 11 is 5.70. The number of hydrogen-bond acceptors (Lipinski definition) is 3. The molecule has 3 rings (SSSR count). The van der Waals surface area contributed by atoms with E-state index in [1.807, 2.05) is 24.3 Å². The Morgan fingerprint density at radius 3 is 2.95 bits per heavy atom. The van der Waals surface area contributed by atoms with E-state index < -0.39 is 5.60 Å². The fraction of sp³-hybridized carbons (Fsp3) is 0.467. The summed E-state index contributed by atoms with van der Waals surface area (Å²) < 4.78 is 6.05. The maximum absolute atomic E-state index is 12.4. The number of nitrogens with one attached hydrogen (secondary N) is 1.